The van der Waals surface area contributed by atoms with Gasteiger partial charge in [-0.05, 0) is 32.9 Å². The lowest BCUT2D eigenvalue weighted by molar-refractivity contribution is 0.0430. The van der Waals surface area contributed by atoms with E-state index >= 15 is 0 Å². The summed E-state index contributed by atoms with van der Waals surface area (Å²) in [4.78, 5) is 5.26. The Morgan fingerprint density at radius 2 is 2.08 bits per heavy atom. The molecule has 0 unspecified atom stereocenters. The fraction of sp³-hybridized carbons (Fsp3) is 1.00. The molecule has 0 spiro atoms. The van der Waals surface area contributed by atoms with Crippen LogP contribution in [-0.4, -0.2) is 48.1 Å². The van der Waals surface area contributed by atoms with Crippen molar-refractivity contribution in [3.8, 4) is 0 Å². The molecule has 12 heavy (non-hydrogen) atoms. The summed E-state index contributed by atoms with van der Waals surface area (Å²) < 4.78 is 0. The Kier molecular flexibility index (Phi) is 2.13. The standard InChI is InChI=1S/C10H20N2/c1-3-11-7-8-12-6-4-5-10(12,2)9-11/h3-9H2,1-2H3/t10-/m0/s1. The quantitative estimate of drug-likeness (QED) is 0.580. The zero-order valence-corrected chi connectivity index (χ0v) is 8.34. The molecule has 0 N–H and O–H groups in total. The van der Waals surface area contributed by atoms with E-state index in [1.165, 1.54) is 45.6 Å². The van der Waals surface area contributed by atoms with Gasteiger partial charge >= 0.3 is 0 Å². The third-order valence-corrected chi connectivity index (χ3v) is 3.60. The first-order chi connectivity index (χ1) is 5.74. The molecule has 2 fully saturated rings. The summed E-state index contributed by atoms with van der Waals surface area (Å²) in [6, 6.07) is 0. The van der Waals surface area contributed by atoms with E-state index in [2.05, 4.69) is 23.6 Å². The molecule has 2 heterocycles. The molecule has 1 atom stereocenters. The van der Waals surface area contributed by atoms with Gasteiger partial charge in [0.05, 0.1) is 0 Å². The molecule has 2 saturated heterocycles. The van der Waals surface area contributed by atoms with E-state index in [1.807, 2.05) is 0 Å². The van der Waals surface area contributed by atoms with E-state index in [0.29, 0.717) is 5.54 Å². The lowest BCUT2D eigenvalue weighted by atomic mass is 9.96. The molecule has 0 aromatic rings. The number of rotatable bonds is 1. The van der Waals surface area contributed by atoms with Gasteiger partial charge < -0.3 is 4.90 Å². The van der Waals surface area contributed by atoms with Gasteiger partial charge in [-0.3, -0.25) is 4.90 Å². The van der Waals surface area contributed by atoms with Crippen molar-refractivity contribution in [1.82, 2.24) is 9.80 Å². The van der Waals surface area contributed by atoms with E-state index in [4.69, 9.17) is 0 Å². The number of piperazine rings is 1. The Balaban J connectivity index is 2.04. The minimum Gasteiger partial charge on any atom is -0.301 e. The van der Waals surface area contributed by atoms with E-state index in [-0.39, 0.29) is 0 Å². The van der Waals surface area contributed by atoms with E-state index in [9.17, 15) is 0 Å². The van der Waals surface area contributed by atoms with Crippen LogP contribution < -0.4 is 0 Å². The van der Waals surface area contributed by atoms with Crippen LogP contribution in [0.5, 0.6) is 0 Å². The summed E-state index contributed by atoms with van der Waals surface area (Å²) in [6.45, 7) is 11.1. The predicted octanol–water partition coefficient (Wildman–Crippen LogP) is 1.18. The molecule has 0 amide bonds. The Morgan fingerprint density at radius 3 is 2.83 bits per heavy atom. The molecule has 0 saturated carbocycles. The van der Waals surface area contributed by atoms with Crippen LogP contribution in [0.15, 0.2) is 0 Å². The van der Waals surface area contributed by atoms with Crippen molar-refractivity contribution in [2.24, 2.45) is 0 Å². The smallest absolute Gasteiger partial charge is 0.0309 e. The summed E-state index contributed by atoms with van der Waals surface area (Å²) in [5.41, 5.74) is 0.522. The molecule has 2 aliphatic heterocycles. The van der Waals surface area contributed by atoms with Crippen molar-refractivity contribution >= 4 is 0 Å². The second-order valence-electron chi connectivity index (χ2n) is 4.46. The summed E-state index contributed by atoms with van der Waals surface area (Å²) in [5, 5.41) is 0. The van der Waals surface area contributed by atoms with Gasteiger partial charge in [0.2, 0.25) is 0 Å². The molecule has 0 radical (unpaired) electrons. The summed E-state index contributed by atoms with van der Waals surface area (Å²) in [7, 11) is 0. The fourth-order valence-corrected chi connectivity index (χ4v) is 2.73. The van der Waals surface area contributed by atoms with E-state index in [1.54, 1.807) is 0 Å². The highest BCUT2D eigenvalue weighted by Crippen LogP contribution is 2.31. The second-order valence-corrected chi connectivity index (χ2v) is 4.46. The molecule has 70 valence electrons. The predicted molar refractivity (Wildman–Crippen MR) is 51.3 cm³/mol. The maximum absolute atomic E-state index is 2.68. The maximum Gasteiger partial charge on any atom is 0.0309 e. The van der Waals surface area contributed by atoms with Crippen molar-refractivity contribution in [3.63, 3.8) is 0 Å². The third kappa shape index (κ3) is 1.27. The topological polar surface area (TPSA) is 6.48 Å². The number of hydrogen-bond acceptors (Lipinski definition) is 2. The van der Waals surface area contributed by atoms with Gasteiger partial charge in [-0.25, -0.2) is 0 Å². The van der Waals surface area contributed by atoms with Crippen molar-refractivity contribution < 1.29 is 0 Å². The first-order valence-electron chi connectivity index (χ1n) is 5.22. The van der Waals surface area contributed by atoms with Crippen LogP contribution in [0, 0.1) is 0 Å². The maximum atomic E-state index is 2.68. The van der Waals surface area contributed by atoms with Crippen molar-refractivity contribution in [3.05, 3.63) is 0 Å². The summed E-state index contributed by atoms with van der Waals surface area (Å²) >= 11 is 0. The molecular weight excluding hydrogens is 148 g/mol. The second kappa shape index (κ2) is 3.00. The van der Waals surface area contributed by atoms with Gasteiger partial charge in [-0.2, -0.15) is 0 Å². The molecule has 2 nitrogen and oxygen atoms in total. The van der Waals surface area contributed by atoms with Crippen molar-refractivity contribution in [2.45, 2.75) is 32.2 Å². The fourth-order valence-electron chi connectivity index (χ4n) is 2.73. The highest BCUT2D eigenvalue weighted by Gasteiger charge is 2.40. The molecule has 0 aromatic heterocycles. The molecule has 0 bridgehead atoms. The van der Waals surface area contributed by atoms with Gasteiger partial charge in [-0.15, -0.1) is 0 Å². The van der Waals surface area contributed by atoms with E-state index < -0.39 is 0 Å². The Hall–Kier alpha value is -0.0800. The number of fused-ring (bicyclic) bond motifs is 1. The SMILES string of the molecule is CCN1CCN2CCC[C@@]2(C)C1. The average molecular weight is 168 g/mol. The van der Waals surface area contributed by atoms with Crippen LogP contribution in [0.1, 0.15) is 26.7 Å². The Labute approximate surface area is 75.5 Å². The molecule has 0 aromatic carbocycles. The largest absolute Gasteiger partial charge is 0.301 e. The molecular formula is C10H20N2. The Bertz CT molecular complexity index is 169. The summed E-state index contributed by atoms with van der Waals surface area (Å²) in [6.07, 6.45) is 2.82. The van der Waals surface area contributed by atoms with Crippen molar-refractivity contribution in [2.75, 3.05) is 32.7 Å². The average Bonchev–Trinajstić information content (AvgIpc) is 2.44. The zero-order chi connectivity index (χ0) is 8.60. The number of nitrogens with zero attached hydrogens (tertiary/aromatic N) is 2. The van der Waals surface area contributed by atoms with Gasteiger partial charge in [0.15, 0.2) is 0 Å². The minimum atomic E-state index is 0.522. The summed E-state index contributed by atoms with van der Waals surface area (Å²) in [5.74, 6) is 0. The number of likely N-dealkylation sites (N-methyl/N-ethyl adjacent to an activating group) is 1. The molecule has 0 aliphatic carbocycles. The van der Waals surface area contributed by atoms with Crippen LogP contribution in [0.4, 0.5) is 0 Å². The number of hydrogen-bond donors (Lipinski definition) is 0. The third-order valence-electron chi connectivity index (χ3n) is 3.60. The zero-order valence-electron chi connectivity index (χ0n) is 8.34. The molecule has 2 heteroatoms. The first kappa shape index (κ1) is 8.52. The van der Waals surface area contributed by atoms with Crippen LogP contribution in [-0.2, 0) is 0 Å². The molecule has 2 aliphatic rings. The van der Waals surface area contributed by atoms with Crippen LogP contribution >= 0.6 is 0 Å². The van der Waals surface area contributed by atoms with Gasteiger partial charge in [-0.1, -0.05) is 6.92 Å². The van der Waals surface area contributed by atoms with Crippen LogP contribution in [0.25, 0.3) is 0 Å². The first-order valence-corrected chi connectivity index (χ1v) is 5.22. The van der Waals surface area contributed by atoms with E-state index in [0.717, 1.165) is 0 Å². The minimum absolute atomic E-state index is 0.522. The van der Waals surface area contributed by atoms with Gasteiger partial charge in [0.1, 0.15) is 0 Å². The lowest BCUT2D eigenvalue weighted by Crippen LogP contribution is -2.57. The monoisotopic (exact) mass is 168 g/mol. The van der Waals surface area contributed by atoms with Gasteiger partial charge in [0.25, 0.3) is 0 Å². The van der Waals surface area contributed by atoms with Gasteiger partial charge in [0, 0.05) is 25.2 Å². The molecule has 2 rings (SSSR count). The van der Waals surface area contributed by atoms with Crippen LogP contribution in [0.3, 0.4) is 0 Å². The highest BCUT2D eigenvalue weighted by atomic mass is 15.3. The lowest BCUT2D eigenvalue weighted by Gasteiger charge is -2.44. The Morgan fingerprint density at radius 1 is 1.25 bits per heavy atom. The highest BCUT2D eigenvalue weighted by molar-refractivity contribution is 4.97. The van der Waals surface area contributed by atoms with Crippen LogP contribution in [0.2, 0.25) is 0 Å². The van der Waals surface area contributed by atoms with Crippen molar-refractivity contribution in [1.29, 1.82) is 0 Å². The normalized spacial score (nSPS) is 38.5.